The van der Waals surface area contributed by atoms with Crippen molar-refractivity contribution in [2.75, 3.05) is 7.11 Å². The standard InChI is InChI=1S/C13H15ClO/c1-3-9-4-5-10-8-11(15-2)6-7-12(10)13(9)14/h6-8H,3-5H2,1-2H3. The molecule has 2 rings (SSSR count). The van der Waals surface area contributed by atoms with Gasteiger partial charge < -0.3 is 4.74 Å². The quantitative estimate of drug-likeness (QED) is 0.735. The van der Waals surface area contributed by atoms with E-state index in [1.54, 1.807) is 7.11 Å². The zero-order valence-corrected chi connectivity index (χ0v) is 9.90. The molecule has 0 fully saturated rings. The van der Waals surface area contributed by atoms with E-state index in [9.17, 15) is 0 Å². The van der Waals surface area contributed by atoms with Crippen LogP contribution in [0.3, 0.4) is 0 Å². The summed E-state index contributed by atoms with van der Waals surface area (Å²) in [5.74, 6) is 0.915. The molecule has 0 spiro atoms. The summed E-state index contributed by atoms with van der Waals surface area (Å²) in [6.07, 6.45) is 3.20. The Balaban J connectivity index is 2.47. The Labute approximate surface area is 95.7 Å². The van der Waals surface area contributed by atoms with E-state index < -0.39 is 0 Å². The second-order valence-corrected chi connectivity index (χ2v) is 4.17. The van der Waals surface area contributed by atoms with Crippen molar-refractivity contribution in [1.82, 2.24) is 0 Å². The van der Waals surface area contributed by atoms with Gasteiger partial charge in [-0.3, -0.25) is 0 Å². The number of allylic oxidation sites excluding steroid dienone is 1. The van der Waals surface area contributed by atoms with Gasteiger partial charge >= 0.3 is 0 Å². The minimum atomic E-state index is 0.915. The second-order valence-electron chi connectivity index (χ2n) is 3.79. The van der Waals surface area contributed by atoms with Crippen LogP contribution >= 0.6 is 11.6 Å². The van der Waals surface area contributed by atoms with Crippen molar-refractivity contribution in [2.45, 2.75) is 26.2 Å². The Morgan fingerprint density at radius 2 is 2.13 bits per heavy atom. The van der Waals surface area contributed by atoms with Crippen LogP contribution in [0.2, 0.25) is 0 Å². The number of hydrogen-bond donors (Lipinski definition) is 0. The number of aryl methyl sites for hydroxylation is 1. The highest BCUT2D eigenvalue weighted by Crippen LogP contribution is 2.36. The van der Waals surface area contributed by atoms with E-state index in [1.165, 1.54) is 16.7 Å². The second kappa shape index (κ2) is 4.28. The van der Waals surface area contributed by atoms with Gasteiger partial charge in [-0.2, -0.15) is 0 Å². The molecule has 1 nitrogen and oxygen atoms in total. The van der Waals surface area contributed by atoms with Crippen molar-refractivity contribution < 1.29 is 4.74 Å². The van der Waals surface area contributed by atoms with Crippen LogP contribution in [0, 0.1) is 0 Å². The Hall–Kier alpha value is -0.950. The summed E-state index contributed by atoms with van der Waals surface area (Å²) in [5.41, 5.74) is 3.85. The topological polar surface area (TPSA) is 9.23 Å². The van der Waals surface area contributed by atoms with E-state index in [-0.39, 0.29) is 0 Å². The Morgan fingerprint density at radius 3 is 2.80 bits per heavy atom. The van der Waals surface area contributed by atoms with Crippen molar-refractivity contribution in [3.63, 3.8) is 0 Å². The van der Waals surface area contributed by atoms with Gasteiger partial charge in [0.15, 0.2) is 0 Å². The van der Waals surface area contributed by atoms with Crippen LogP contribution in [0.25, 0.3) is 5.03 Å². The third-order valence-corrected chi connectivity index (χ3v) is 3.45. The van der Waals surface area contributed by atoms with Crippen molar-refractivity contribution in [2.24, 2.45) is 0 Å². The fourth-order valence-corrected chi connectivity index (χ4v) is 2.45. The number of hydrogen-bond acceptors (Lipinski definition) is 1. The summed E-state index contributed by atoms with van der Waals surface area (Å²) < 4.78 is 5.21. The van der Waals surface area contributed by atoms with E-state index in [2.05, 4.69) is 19.1 Å². The van der Waals surface area contributed by atoms with Crippen molar-refractivity contribution in [3.05, 3.63) is 34.9 Å². The van der Waals surface area contributed by atoms with E-state index in [4.69, 9.17) is 16.3 Å². The van der Waals surface area contributed by atoms with Gasteiger partial charge in [-0.15, -0.1) is 0 Å². The van der Waals surface area contributed by atoms with E-state index in [1.807, 2.05) is 6.07 Å². The van der Waals surface area contributed by atoms with E-state index >= 15 is 0 Å². The summed E-state index contributed by atoms with van der Waals surface area (Å²) in [7, 11) is 1.69. The third kappa shape index (κ3) is 1.89. The molecule has 0 bridgehead atoms. The van der Waals surface area contributed by atoms with Gasteiger partial charge in [0.25, 0.3) is 0 Å². The molecular formula is C13H15ClO. The lowest BCUT2D eigenvalue weighted by molar-refractivity contribution is 0.414. The molecule has 1 aromatic rings. The SMILES string of the molecule is CCC1=C(Cl)c2ccc(OC)cc2CC1. The summed E-state index contributed by atoms with van der Waals surface area (Å²) in [6, 6.07) is 6.12. The molecule has 0 unspecified atom stereocenters. The zero-order chi connectivity index (χ0) is 10.8. The minimum absolute atomic E-state index is 0.915. The van der Waals surface area contributed by atoms with Gasteiger partial charge in [-0.25, -0.2) is 0 Å². The molecule has 0 aromatic heterocycles. The normalized spacial score (nSPS) is 15.1. The monoisotopic (exact) mass is 222 g/mol. The lowest BCUT2D eigenvalue weighted by Crippen LogP contribution is -2.02. The molecule has 0 radical (unpaired) electrons. The average Bonchev–Trinajstić information content (AvgIpc) is 2.29. The predicted molar refractivity (Wildman–Crippen MR) is 64.4 cm³/mol. The van der Waals surface area contributed by atoms with Gasteiger partial charge in [0.1, 0.15) is 5.75 Å². The predicted octanol–water partition coefficient (Wildman–Crippen LogP) is 4.00. The Bertz CT molecular complexity index is 407. The van der Waals surface area contributed by atoms with Gasteiger partial charge in [0, 0.05) is 5.03 Å². The lowest BCUT2D eigenvalue weighted by atomic mass is 9.90. The average molecular weight is 223 g/mol. The third-order valence-electron chi connectivity index (χ3n) is 2.98. The van der Waals surface area contributed by atoms with Crippen LogP contribution in [0.1, 0.15) is 30.9 Å². The molecule has 0 aliphatic heterocycles. The van der Waals surface area contributed by atoms with Crippen molar-refractivity contribution >= 4 is 16.6 Å². The smallest absolute Gasteiger partial charge is 0.119 e. The van der Waals surface area contributed by atoms with Crippen molar-refractivity contribution in [3.8, 4) is 5.75 Å². The highest BCUT2D eigenvalue weighted by Gasteiger charge is 2.16. The fraction of sp³-hybridized carbons (Fsp3) is 0.385. The largest absolute Gasteiger partial charge is 0.497 e. The number of halogens is 1. The first kappa shape index (κ1) is 10.6. The first-order valence-corrected chi connectivity index (χ1v) is 5.69. The van der Waals surface area contributed by atoms with E-state index in [0.717, 1.165) is 30.0 Å². The van der Waals surface area contributed by atoms with Crippen LogP contribution in [0.4, 0.5) is 0 Å². The Morgan fingerprint density at radius 1 is 1.33 bits per heavy atom. The summed E-state index contributed by atoms with van der Waals surface area (Å²) in [6.45, 7) is 2.16. The molecule has 0 atom stereocenters. The number of ether oxygens (including phenoxy) is 1. The van der Waals surface area contributed by atoms with Crippen molar-refractivity contribution in [1.29, 1.82) is 0 Å². The van der Waals surface area contributed by atoms with Crippen LogP contribution in [0.5, 0.6) is 5.75 Å². The summed E-state index contributed by atoms with van der Waals surface area (Å²) in [5, 5.41) is 0.946. The maximum atomic E-state index is 6.35. The van der Waals surface area contributed by atoms with Gasteiger partial charge in [0.2, 0.25) is 0 Å². The molecule has 0 amide bonds. The summed E-state index contributed by atoms with van der Waals surface area (Å²) in [4.78, 5) is 0. The highest BCUT2D eigenvalue weighted by atomic mass is 35.5. The Kier molecular flexibility index (Phi) is 3.01. The number of fused-ring (bicyclic) bond motifs is 1. The molecule has 0 heterocycles. The van der Waals surface area contributed by atoms with Crippen LogP contribution in [0.15, 0.2) is 23.8 Å². The van der Waals surface area contributed by atoms with Crippen LogP contribution in [-0.2, 0) is 6.42 Å². The lowest BCUT2D eigenvalue weighted by Gasteiger charge is -2.19. The van der Waals surface area contributed by atoms with E-state index in [0.29, 0.717) is 0 Å². The molecule has 0 N–H and O–H groups in total. The molecule has 1 aliphatic carbocycles. The van der Waals surface area contributed by atoms with Gasteiger partial charge in [0.05, 0.1) is 7.11 Å². The maximum Gasteiger partial charge on any atom is 0.119 e. The fourth-order valence-electron chi connectivity index (χ4n) is 2.04. The highest BCUT2D eigenvalue weighted by molar-refractivity contribution is 6.49. The maximum absolute atomic E-state index is 6.35. The van der Waals surface area contributed by atoms with Crippen LogP contribution in [-0.4, -0.2) is 7.11 Å². The zero-order valence-electron chi connectivity index (χ0n) is 9.14. The molecule has 1 aromatic carbocycles. The number of rotatable bonds is 2. The number of methoxy groups -OCH3 is 1. The molecular weight excluding hydrogens is 208 g/mol. The van der Waals surface area contributed by atoms with Gasteiger partial charge in [-0.1, -0.05) is 24.1 Å². The van der Waals surface area contributed by atoms with Gasteiger partial charge in [-0.05, 0) is 48.6 Å². The molecule has 15 heavy (non-hydrogen) atoms. The molecule has 80 valence electrons. The molecule has 2 heteroatoms. The molecule has 0 saturated heterocycles. The number of benzene rings is 1. The molecule has 1 aliphatic rings. The minimum Gasteiger partial charge on any atom is -0.497 e. The van der Waals surface area contributed by atoms with Crippen LogP contribution < -0.4 is 4.74 Å². The first-order valence-electron chi connectivity index (χ1n) is 5.31. The summed E-state index contributed by atoms with van der Waals surface area (Å²) >= 11 is 6.35. The first-order chi connectivity index (χ1) is 7.26. The molecule has 0 saturated carbocycles.